The summed E-state index contributed by atoms with van der Waals surface area (Å²) in [5.41, 5.74) is 7.45. The molecule has 1 rings (SSSR count). The molecule has 3 heteroatoms. The number of nitrogens with two attached hydrogens (primary N) is 1. The van der Waals surface area contributed by atoms with Crippen molar-refractivity contribution in [1.82, 2.24) is 4.98 Å². The van der Waals surface area contributed by atoms with Crippen LogP contribution in [0.5, 0.6) is 0 Å². The van der Waals surface area contributed by atoms with Crippen molar-refractivity contribution in [2.45, 2.75) is 39.2 Å². The van der Waals surface area contributed by atoms with Gasteiger partial charge in [-0.2, -0.15) is 0 Å². The van der Waals surface area contributed by atoms with Gasteiger partial charge in [-0.3, -0.25) is 4.98 Å². The highest BCUT2D eigenvalue weighted by Crippen LogP contribution is 2.23. The summed E-state index contributed by atoms with van der Waals surface area (Å²) in [7, 11) is 0. The van der Waals surface area contributed by atoms with Crippen molar-refractivity contribution in [3.63, 3.8) is 0 Å². The van der Waals surface area contributed by atoms with Gasteiger partial charge >= 0.3 is 0 Å². The van der Waals surface area contributed by atoms with E-state index in [1.54, 1.807) is 6.20 Å². The Balaban J connectivity index is 2.84. The van der Waals surface area contributed by atoms with Gasteiger partial charge in [0.2, 0.25) is 0 Å². The third kappa shape index (κ3) is 3.28. The molecule has 15 heavy (non-hydrogen) atoms. The van der Waals surface area contributed by atoms with Crippen LogP contribution >= 0.6 is 15.9 Å². The first-order chi connectivity index (χ1) is 6.98. The van der Waals surface area contributed by atoms with Crippen LogP contribution in [0.15, 0.2) is 22.9 Å². The summed E-state index contributed by atoms with van der Waals surface area (Å²) >= 11 is 3.43. The third-order valence-corrected chi connectivity index (χ3v) is 3.54. The molecular formula is C12H19BrN2. The summed E-state index contributed by atoms with van der Waals surface area (Å²) in [4.78, 5) is 4.16. The van der Waals surface area contributed by atoms with Crippen LogP contribution in [0.4, 0.5) is 0 Å². The first kappa shape index (κ1) is 12.7. The van der Waals surface area contributed by atoms with Crippen LogP contribution in [0.1, 0.15) is 32.8 Å². The number of pyridine rings is 1. The maximum Gasteiger partial charge on any atom is 0.0410 e. The van der Waals surface area contributed by atoms with E-state index in [0.717, 1.165) is 17.3 Å². The van der Waals surface area contributed by atoms with Gasteiger partial charge in [-0.05, 0) is 46.3 Å². The fourth-order valence-corrected chi connectivity index (χ4v) is 2.08. The lowest BCUT2D eigenvalue weighted by atomic mass is 9.80. The lowest BCUT2D eigenvalue weighted by molar-refractivity contribution is 0.296. The zero-order valence-electron chi connectivity index (χ0n) is 9.63. The number of rotatable bonds is 4. The standard InChI is InChI=1S/C12H19BrN2/c1-4-12(14,9(2)3)6-10-5-11(13)8-15-7-10/h5,7-9H,4,6,14H2,1-3H3. The molecule has 0 aromatic carbocycles. The monoisotopic (exact) mass is 270 g/mol. The number of nitrogens with zero attached hydrogens (tertiary/aromatic N) is 1. The summed E-state index contributed by atoms with van der Waals surface area (Å²) in [6, 6.07) is 2.09. The minimum absolute atomic E-state index is 0.123. The molecule has 84 valence electrons. The van der Waals surface area contributed by atoms with E-state index >= 15 is 0 Å². The zero-order chi connectivity index (χ0) is 11.5. The summed E-state index contributed by atoms with van der Waals surface area (Å²) in [6.45, 7) is 6.50. The molecule has 0 bridgehead atoms. The second-order valence-electron chi connectivity index (χ2n) is 4.43. The molecule has 0 saturated carbocycles. The van der Waals surface area contributed by atoms with Gasteiger partial charge in [-0.1, -0.05) is 20.8 Å². The van der Waals surface area contributed by atoms with Gasteiger partial charge in [0.15, 0.2) is 0 Å². The van der Waals surface area contributed by atoms with Gasteiger partial charge < -0.3 is 5.73 Å². The third-order valence-electron chi connectivity index (χ3n) is 3.10. The SMILES string of the molecule is CCC(N)(Cc1cncc(Br)c1)C(C)C. The lowest BCUT2D eigenvalue weighted by Crippen LogP contribution is -2.46. The van der Waals surface area contributed by atoms with Crippen LogP contribution in [-0.2, 0) is 6.42 Å². The predicted molar refractivity (Wildman–Crippen MR) is 67.7 cm³/mol. The van der Waals surface area contributed by atoms with Crippen LogP contribution in [0.2, 0.25) is 0 Å². The maximum absolute atomic E-state index is 6.38. The summed E-state index contributed by atoms with van der Waals surface area (Å²) < 4.78 is 1.02. The normalized spacial score (nSPS) is 15.3. The second kappa shape index (κ2) is 5.08. The molecule has 1 aromatic heterocycles. The molecule has 0 spiro atoms. The number of hydrogen-bond donors (Lipinski definition) is 1. The van der Waals surface area contributed by atoms with Crippen molar-refractivity contribution in [3.05, 3.63) is 28.5 Å². The number of hydrogen-bond acceptors (Lipinski definition) is 2. The fraction of sp³-hybridized carbons (Fsp3) is 0.583. The molecule has 0 radical (unpaired) electrons. The van der Waals surface area contributed by atoms with Crippen LogP contribution in [-0.4, -0.2) is 10.5 Å². The Morgan fingerprint density at radius 1 is 1.47 bits per heavy atom. The van der Waals surface area contributed by atoms with Crippen LogP contribution in [0.3, 0.4) is 0 Å². The number of halogens is 1. The van der Waals surface area contributed by atoms with Crippen LogP contribution in [0.25, 0.3) is 0 Å². The van der Waals surface area contributed by atoms with Crippen LogP contribution < -0.4 is 5.73 Å². The highest BCUT2D eigenvalue weighted by Gasteiger charge is 2.27. The lowest BCUT2D eigenvalue weighted by Gasteiger charge is -2.32. The molecule has 1 aromatic rings. The molecule has 2 N–H and O–H groups in total. The molecule has 0 amide bonds. The van der Waals surface area contributed by atoms with Crippen molar-refractivity contribution in [1.29, 1.82) is 0 Å². The van der Waals surface area contributed by atoms with Gasteiger partial charge in [-0.25, -0.2) is 0 Å². The Labute approximate surface area is 100 Å². The van der Waals surface area contributed by atoms with Crippen molar-refractivity contribution >= 4 is 15.9 Å². The van der Waals surface area contributed by atoms with Crippen molar-refractivity contribution < 1.29 is 0 Å². The summed E-state index contributed by atoms with van der Waals surface area (Å²) in [5.74, 6) is 0.474. The molecule has 0 aliphatic rings. The van der Waals surface area contributed by atoms with E-state index in [-0.39, 0.29) is 5.54 Å². The highest BCUT2D eigenvalue weighted by atomic mass is 79.9. The Hall–Kier alpha value is -0.410. The quantitative estimate of drug-likeness (QED) is 0.913. The second-order valence-corrected chi connectivity index (χ2v) is 5.35. The summed E-state index contributed by atoms with van der Waals surface area (Å²) in [6.07, 6.45) is 5.55. The minimum Gasteiger partial charge on any atom is -0.325 e. The molecule has 1 unspecified atom stereocenters. The van der Waals surface area contributed by atoms with Gasteiger partial charge in [-0.15, -0.1) is 0 Å². The van der Waals surface area contributed by atoms with Crippen molar-refractivity contribution in [3.8, 4) is 0 Å². The van der Waals surface area contributed by atoms with E-state index < -0.39 is 0 Å². The van der Waals surface area contributed by atoms with Gasteiger partial charge in [0.25, 0.3) is 0 Å². The van der Waals surface area contributed by atoms with E-state index in [9.17, 15) is 0 Å². The topological polar surface area (TPSA) is 38.9 Å². The molecule has 0 saturated heterocycles. The smallest absolute Gasteiger partial charge is 0.0410 e. The summed E-state index contributed by atoms with van der Waals surface area (Å²) in [5, 5.41) is 0. The zero-order valence-corrected chi connectivity index (χ0v) is 11.2. The minimum atomic E-state index is -0.123. The Morgan fingerprint density at radius 3 is 2.60 bits per heavy atom. The van der Waals surface area contributed by atoms with E-state index in [0.29, 0.717) is 5.92 Å². The van der Waals surface area contributed by atoms with Crippen molar-refractivity contribution in [2.75, 3.05) is 0 Å². The highest BCUT2D eigenvalue weighted by molar-refractivity contribution is 9.10. The molecule has 0 fully saturated rings. The molecule has 1 atom stereocenters. The molecule has 0 aliphatic carbocycles. The predicted octanol–water partition coefficient (Wildman–Crippen LogP) is 3.15. The van der Waals surface area contributed by atoms with E-state index in [1.807, 2.05) is 6.20 Å². The Kier molecular flexibility index (Phi) is 4.29. The fourth-order valence-electron chi connectivity index (χ4n) is 1.67. The maximum atomic E-state index is 6.38. The average molecular weight is 271 g/mol. The first-order valence-corrected chi connectivity index (χ1v) is 6.15. The van der Waals surface area contributed by atoms with Crippen molar-refractivity contribution in [2.24, 2.45) is 11.7 Å². The van der Waals surface area contributed by atoms with Gasteiger partial charge in [0.05, 0.1) is 0 Å². The van der Waals surface area contributed by atoms with E-state index in [2.05, 4.69) is 47.8 Å². The molecule has 0 aliphatic heterocycles. The number of aromatic nitrogens is 1. The van der Waals surface area contributed by atoms with Gasteiger partial charge in [0, 0.05) is 22.4 Å². The van der Waals surface area contributed by atoms with E-state index in [1.165, 1.54) is 5.56 Å². The van der Waals surface area contributed by atoms with Gasteiger partial charge in [0.1, 0.15) is 0 Å². The Morgan fingerprint density at radius 2 is 2.13 bits per heavy atom. The average Bonchev–Trinajstić information content (AvgIpc) is 2.17. The molecule has 1 heterocycles. The molecule has 2 nitrogen and oxygen atoms in total. The molecular weight excluding hydrogens is 252 g/mol. The van der Waals surface area contributed by atoms with E-state index in [4.69, 9.17) is 5.73 Å². The van der Waals surface area contributed by atoms with Crippen LogP contribution in [0, 0.1) is 5.92 Å². The largest absolute Gasteiger partial charge is 0.325 e. The first-order valence-electron chi connectivity index (χ1n) is 5.36. The Bertz CT molecular complexity index is 325.